The van der Waals surface area contributed by atoms with Crippen LogP contribution in [0, 0.1) is 0 Å². The molecule has 0 aliphatic heterocycles. The topological polar surface area (TPSA) is 30.7 Å². The molecule has 84 valence electrons. The van der Waals surface area contributed by atoms with Gasteiger partial charge in [-0.25, -0.2) is 4.68 Å². The van der Waals surface area contributed by atoms with Crippen LogP contribution in [0.4, 0.5) is 0 Å². The van der Waals surface area contributed by atoms with Gasteiger partial charge in [-0.05, 0) is 34.1 Å². The van der Waals surface area contributed by atoms with Crippen LogP contribution >= 0.6 is 43.5 Å². The molecule has 1 heterocycles. The van der Waals surface area contributed by atoms with Gasteiger partial charge in [-0.2, -0.15) is 0 Å². The van der Waals surface area contributed by atoms with Gasteiger partial charge >= 0.3 is 0 Å². The Balaban J connectivity index is 2.31. The largest absolute Gasteiger partial charge is 0.220 e. The van der Waals surface area contributed by atoms with E-state index < -0.39 is 0 Å². The number of alkyl halides is 1. The van der Waals surface area contributed by atoms with Crippen LogP contribution in [-0.2, 0) is 6.42 Å². The van der Waals surface area contributed by atoms with Crippen molar-refractivity contribution in [2.45, 2.75) is 6.42 Å². The molecule has 0 aliphatic rings. The van der Waals surface area contributed by atoms with Crippen LogP contribution in [0.1, 0.15) is 5.69 Å². The van der Waals surface area contributed by atoms with Crippen molar-refractivity contribution in [3.05, 3.63) is 39.6 Å². The molecule has 2 rings (SSSR count). The van der Waals surface area contributed by atoms with Crippen LogP contribution in [0.5, 0.6) is 0 Å². The fraction of sp³-hybridized carbons (Fsp3) is 0.200. The summed E-state index contributed by atoms with van der Waals surface area (Å²) in [6.07, 6.45) is 2.78. The van der Waals surface area contributed by atoms with E-state index in [9.17, 15) is 0 Å². The molecule has 0 amide bonds. The van der Waals surface area contributed by atoms with Crippen molar-refractivity contribution in [3.8, 4) is 5.69 Å². The van der Waals surface area contributed by atoms with Crippen molar-refractivity contribution in [1.29, 1.82) is 0 Å². The van der Waals surface area contributed by atoms with Gasteiger partial charge in [0.15, 0.2) is 0 Å². The van der Waals surface area contributed by atoms with Crippen molar-refractivity contribution in [2.24, 2.45) is 0 Å². The first-order valence-corrected chi connectivity index (χ1v) is 6.92. The van der Waals surface area contributed by atoms with Gasteiger partial charge in [0.2, 0.25) is 0 Å². The highest BCUT2D eigenvalue weighted by Gasteiger charge is 2.04. The lowest BCUT2D eigenvalue weighted by atomic mass is 10.3. The predicted molar refractivity (Wildman–Crippen MR) is 71.6 cm³/mol. The Morgan fingerprint density at radius 1 is 1.38 bits per heavy atom. The Kier molecular flexibility index (Phi) is 4.00. The molecule has 0 spiro atoms. The van der Waals surface area contributed by atoms with E-state index in [1.165, 1.54) is 0 Å². The number of nitrogens with zero attached hydrogens (tertiary/aromatic N) is 3. The fourth-order valence-electron chi connectivity index (χ4n) is 1.26. The molecule has 1 aromatic heterocycles. The summed E-state index contributed by atoms with van der Waals surface area (Å²) in [6, 6.07) is 5.64. The third-order valence-electron chi connectivity index (χ3n) is 2.06. The maximum Gasteiger partial charge on any atom is 0.0840 e. The maximum atomic E-state index is 5.92. The highest BCUT2D eigenvalue weighted by molar-refractivity contribution is 9.10. The second-order valence-electron chi connectivity index (χ2n) is 3.19. The van der Waals surface area contributed by atoms with Crippen LogP contribution in [-0.4, -0.2) is 20.3 Å². The molecule has 0 N–H and O–H groups in total. The summed E-state index contributed by atoms with van der Waals surface area (Å²) in [4.78, 5) is 0. The molecule has 2 aromatic rings. The summed E-state index contributed by atoms with van der Waals surface area (Å²) >= 11 is 12.7. The Morgan fingerprint density at radius 2 is 2.19 bits per heavy atom. The SMILES string of the molecule is Clc1ccc(-n2cc(CCBr)nn2)cc1Br. The molecule has 6 heteroatoms. The Bertz CT molecular complexity index is 499. The van der Waals surface area contributed by atoms with E-state index in [2.05, 4.69) is 42.2 Å². The summed E-state index contributed by atoms with van der Waals surface area (Å²) in [5.74, 6) is 0. The zero-order valence-corrected chi connectivity index (χ0v) is 12.1. The van der Waals surface area contributed by atoms with Crippen molar-refractivity contribution >= 4 is 43.5 Å². The number of rotatable bonds is 3. The number of hydrogen-bond acceptors (Lipinski definition) is 2. The molecule has 0 bridgehead atoms. The fourth-order valence-corrected chi connectivity index (χ4v) is 2.15. The Hall–Kier alpha value is -0.390. The second-order valence-corrected chi connectivity index (χ2v) is 5.25. The Labute approximate surface area is 115 Å². The average Bonchev–Trinajstić information content (AvgIpc) is 2.71. The summed E-state index contributed by atoms with van der Waals surface area (Å²) in [5, 5.41) is 9.70. The second kappa shape index (κ2) is 5.29. The average molecular weight is 365 g/mol. The van der Waals surface area contributed by atoms with Crippen molar-refractivity contribution in [1.82, 2.24) is 15.0 Å². The molecule has 0 fully saturated rings. The van der Waals surface area contributed by atoms with Crippen LogP contribution in [0.3, 0.4) is 0 Å². The molecular weight excluding hydrogens is 357 g/mol. The van der Waals surface area contributed by atoms with Crippen molar-refractivity contribution < 1.29 is 0 Å². The summed E-state index contributed by atoms with van der Waals surface area (Å²) in [5.41, 5.74) is 1.90. The van der Waals surface area contributed by atoms with Gasteiger partial charge in [0.05, 0.1) is 22.6 Å². The zero-order valence-electron chi connectivity index (χ0n) is 8.20. The number of aryl methyl sites for hydroxylation is 1. The molecule has 0 atom stereocenters. The first-order valence-electron chi connectivity index (χ1n) is 4.63. The van der Waals surface area contributed by atoms with E-state index in [1.54, 1.807) is 4.68 Å². The lowest BCUT2D eigenvalue weighted by molar-refractivity contribution is 0.798. The Morgan fingerprint density at radius 3 is 2.88 bits per heavy atom. The zero-order chi connectivity index (χ0) is 11.5. The lowest BCUT2D eigenvalue weighted by Crippen LogP contribution is -1.94. The van der Waals surface area contributed by atoms with Crippen molar-refractivity contribution in [3.63, 3.8) is 0 Å². The van der Waals surface area contributed by atoms with Crippen molar-refractivity contribution in [2.75, 3.05) is 5.33 Å². The van der Waals surface area contributed by atoms with Gasteiger partial charge in [-0.1, -0.05) is 32.7 Å². The first-order chi connectivity index (χ1) is 7.70. The minimum Gasteiger partial charge on any atom is -0.220 e. The summed E-state index contributed by atoms with van der Waals surface area (Å²) in [7, 11) is 0. The quantitative estimate of drug-likeness (QED) is 0.778. The van der Waals surface area contributed by atoms with Gasteiger partial charge < -0.3 is 0 Å². The van der Waals surface area contributed by atoms with E-state index in [1.807, 2.05) is 24.4 Å². The van der Waals surface area contributed by atoms with E-state index in [-0.39, 0.29) is 0 Å². The van der Waals surface area contributed by atoms with Gasteiger partial charge in [-0.3, -0.25) is 0 Å². The smallest absolute Gasteiger partial charge is 0.0840 e. The number of aromatic nitrogens is 3. The van der Waals surface area contributed by atoms with Gasteiger partial charge in [0.25, 0.3) is 0 Å². The van der Waals surface area contributed by atoms with E-state index in [0.717, 1.165) is 27.6 Å². The maximum absolute atomic E-state index is 5.92. The first kappa shape index (κ1) is 12.1. The monoisotopic (exact) mass is 363 g/mol. The summed E-state index contributed by atoms with van der Waals surface area (Å²) < 4.78 is 2.59. The number of halogens is 3. The van der Waals surface area contributed by atoms with Crippen LogP contribution < -0.4 is 0 Å². The molecule has 0 aliphatic carbocycles. The molecule has 3 nitrogen and oxygen atoms in total. The standard InChI is InChI=1S/C10H8Br2ClN3/c11-4-3-7-6-16(15-14-7)8-1-2-10(13)9(12)5-8/h1-2,5-6H,3-4H2. The number of hydrogen-bond donors (Lipinski definition) is 0. The highest BCUT2D eigenvalue weighted by Crippen LogP contribution is 2.24. The van der Waals surface area contributed by atoms with Gasteiger partial charge in [0, 0.05) is 16.2 Å². The van der Waals surface area contributed by atoms with Gasteiger partial charge in [-0.15, -0.1) is 5.10 Å². The van der Waals surface area contributed by atoms with E-state index in [4.69, 9.17) is 11.6 Å². The molecule has 0 radical (unpaired) electrons. The molecule has 1 aromatic carbocycles. The minimum absolute atomic E-state index is 0.685. The third kappa shape index (κ3) is 2.64. The molecule has 16 heavy (non-hydrogen) atoms. The number of benzene rings is 1. The van der Waals surface area contributed by atoms with Crippen LogP contribution in [0.15, 0.2) is 28.9 Å². The third-order valence-corrected chi connectivity index (χ3v) is 3.67. The predicted octanol–water partition coefficient (Wildman–Crippen LogP) is 3.62. The highest BCUT2D eigenvalue weighted by atomic mass is 79.9. The molecule has 0 saturated carbocycles. The minimum atomic E-state index is 0.685. The molecule has 0 saturated heterocycles. The van der Waals surface area contributed by atoms with Crippen LogP contribution in [0.25, 0.3) is 5.69 Å². The van der Waals surface area contributed by atoms with E-state index >= 15 is 0 Å². The van der Waals surface area contributed by atoms with Gasteiger partial charge in [0.1, 0.15) is 0 Å². The molecular formula is C10H8Br2ClN3. The molecule has 0 unspecified atom stereocenters. The lowest BCUT2D eigenvalue weighted by Gasteiger charge is -2.01. The van der Waals surface area contributed by atoms with E-state index in [0.29, 0.717) is 5.02 Å². The van der Waals surface area contributed by atoms with Crippen LogP contribution in [0.2, 0.25) is 5.02 Å². The normalized spacial score (nSPS) is 10.7. The summed E-state index contributed by atoms with van der Waals surface area (Å²) in [6.45, 7) is 0.